The van der Waals surface area contributed by atoms with Gasteiger partial charge < -0.3 is 20.1 Å². The van der Waals surface area contributed by atoms with Gasteiger partial charge in [0.2, 0.25) is 0 Å². The Morgan fingerprint density at radius 1 is 0.957 bits per heavy atom. The van der Waals surface area contributed by atoms with E-state index in [1.165, 1.54) is 0 Å². The highest BCUT2D eigenvalue weighted by molar-refractivity contribution is 6.01. The molecule has 0 aliphatic heterocycles. The highest BCUT2D eigenvalue weighted by atomic mass is 16.5. The number of anilines is 2. The Kier molecular flexibility index (Phi) is 5.46. The minimum atomic E-state index is -0.329. The molecule has 2 N–H and O–H groups in total. The molecule has 0 aliphatic rings. The zero-order valence-electron chi connectivity index (χ0n) is 13.8. The van der Waals surface area contributed by atoms with Gasteiger partial charge in [-0.3, -0.25) is 0 Å². The summed E-state index contributed by atoms with van der Waals surface area (Å²) in [7, 11) is 3.13. The van der Waals surface area contributed by atoms with Crippen molar-refractivity contribution >= 4 is 17.4 Å². The van der Waals surface area contributed by atoms with E-state index in [0.717, 1.165) is 11.3 Å². The van der Waals surface area contributed by atoms with Crippen LogP contribution in [0.25, 0.3) is 0 Å². The van der Waals surface area contributed by atoms with Crippen LogP contribution in [0.5, 0.6) is 11.5 Å². The zero-order valence-corrected chi connectivity index (χ0v) is 13.8. The maximum atomic E-state index is 12.3. The highest BCUT2D eigenvalue weighted by Gasteiger charge is 2.12. The fourth-order valence-electron chi connectivity index (χ4n) is 2.30. The first-order valence-electron chi connectivity index (χ1n) is 7.44. The highest BCUT2D eigenvalue weighted by Crippen LogP contribution is 2.29. The summed E-state index contributed by atoms with van der Waals surface area (Å²) >= 11 is 0. The first-order valence-corrected chi connectivity index (χ1v) is 7.44. The summed E-state index contributed by atoms with van der Waals surface area (Å²) in [5.41, 5.74) is 2.42. The number of hydrogen-bond acceptors (Lipinski definition) is 3. The molecule has 0 bridgehead atoms. The monoisotopic (exact) mass is 314 g/mol. The van der Waals surface area contributed by atoms with Gasteiger partial charge >= 0.3 is 6.03 Å². The number of nitrogens with one attached hydrogen (secondary N) is 2. The van der Waals surface area contributed by atoms with E-state index in [-0.39, 0.29) is 6.03 Å². The minimum absolute atomic E-state index is 0.317. The molecule has 122 valence electrons. The molecule has 5 nitrogen and oxygen atoms in total. The van der Waals surface area contributed by atoms with Gasteiger partial charge in [-0.25, -0.2) is 4.79 Å². The lowest BCUT2D eigenvalue weighted by Gasteiger charge is -2.15. The van der Waals surface area contributed by atoms with Crippen LogP contribution in [0.1, 0.15) is 25.3 Å². The standard InChI is InChI=1S/C18H22N2O3/c1-12(2)14-7-5-6-8-15(14)19-18(21)20-16-11-13(22-3)9-10-17(16)23-4/h5-12H,1-4H3,(H2,19,20,21). The Labute approximate surface area is 136 Å². The number of carbonyl (C=O) groups excluding carboxylic acids is 1. The summed E-state index contributed by atoms with van der Waals surface area (Å²) in [4.78, 5) is 12.3. The summed E-state index contributed by atoms with van der Waals surface area (Å²) < 4.78 is 10.4. The van der Waals surface area contributed by atoms with Crippen molar-refractivity contribution in [1.82, 2.24) is 0 Å². The van der Waals surface area contributed by atoms with Crippen molar-refractivity contribution in [2.45, 2.75) is 19.8 Å². The Bertz CT molecular complexity index is 684. The number of rotatable bonds is 5. The molecule has 0 saturated carbocycles. The molecule has 0 radical (unpaired) electrons. The van der Waals surface area contributed by atoms with Crippen LogP contribution in [-0.4, -0.2) is 20.3 Å². The average Bonchev–Trinajstić information content (AvgIpc) is 2.55. The molecule has 2 aromatic carbocycles. The second kappa shape index (κ2) is 7.54. The predicted octanol–water partition coefficient (Wildman–Crippen LogP) is 4.47. The molecule has 2 rings (SSSR count). The molecule has 2 aromatic rings. The van der Waals surface area contributed by atoms with Crippen LogP contribution in [0.4, 0.5) is 16.2 Å². The number of ether oxygens (including phenoxy) is 2. The van der Waals surface area contributed by atoms with Crippen molar-refractivity contribution in [3.63, 3.8) is 0 Å². The fraction of sp³-hybridized carbons (Fsp3) is 0.278. The molecule has 0 unspecified atom stereocenters. The molecule has 0 spiro atoms. The molecule has 0 atom stereocenters. The minimum Gasteiger partial charge on any atom is -0.497 e. The van der Waals surface area contributed by atoms with Gasteiger partial charge in [0.1, 0.15) is 11.5 Å². The van der Waals surface area contributed by atoms with Gasteiger partial charge in [0.05, 0.1) is 19.9 Å². The number of para-hydroxylation sites is 1. The van der Waals surface area contributed by atoms with E-state index in [1.807, 2.05) is 24.3 Å². The summed E-state index contributed by atoms with van der Waals surface area (Å²) in [5, 5.41) is 5.68. The molecular weight excluding hydrogens is 292 g/mol. The largest absolute Gasteiger partial charge is 0.497 e. The number of urea groups is 1. The van der Waals surface area contributed by atoms with E-state index in [1.54, 1.807) is 32.4 Å². The van der Waals surface area contributed by atoms with Crippen molar-refractivity contribution in [3.05, 3.63) is 48.0 Å². The van der Waals surface area contributed by atoms with Crippen LogP contribution in [0, 0.1) is 0 Å². The van der Waals surface area contributed by atoms with Crippen molar-refractivity contribution in [3.8, 4) is 11.5 Å². The fourth-order valence-corrected chi connectivity index (χ4v) is 2.30. The second-order valence-electron chi connectivity index (χ2n) is 5.39. The lowest BCUT2D eigenvalue weighted by molar-refractivity contribution is 0.262. The summed E-state index contributed by atoms with van der Waals surface area (Å²) in [6, 6.07) is 12.7. The number of hydrogen-bond donors (Lipinski definition) is 2. The Hall–Kier alpha value is -2.69. The molecule has 0 saturated heterocycles. The maximum absolute atomic E-state index is 12.3. The van der Waals surface area contributed by atoms with E-state index in [0.29, 0.717) is 23.1 Å². The van der Waals surface area contributed by atoms with E-state index >= 15 is 0 Å². The number of benzene rings is 2. The first-order chi connectivity index (χ1) is 11.0. The van der Waals surface area contributed by atoms with Gasteiger partial charge in [-0.1, -0.05) is 32.0 Å². The lowest BCUT2D eigenvalue weighted by atomic mass is 10.0. The third-order valence-electron chi connectivity index (χ3n) is 3.49. The molecule has 5 heteroatoms. The Balaban J connectivity index is 2.17. The molecule has 0 aromatic heterocycles. The summed E-state index contributed by atoms with van der Waals surface area (Å²) in [6.45, 7) is 4.17. The van der Waals surface area contributed by atoms with Crippen LogP contribution >= 0.6 is 0 Å². The van der Waals surface area contributed by atoms with Gasteiger partial charge in [0, 0.05) is 11.8 Å². The molecular formula is C18H22N2O3. The van der Waals surface area contributed by atoms with Crippen LogP contribution in [-0.2, 0) is 0 Å². The number of methoxy groups -OCH3 is 2. The van der Waals surface area contributed by atoms with Gasteiger partial charge in [0.25, 0.3) is 0 Å². The first kappa shape index (κ1) is 16.7. The third kappa shape index (κ3) is 4.16. The average molecular weight is 314 g/mol. The van der Waals surface area contributed by atoms with Crippen LogP contribution in [0.15, 0.2) is 42.5 Å². The molecule has 0 heterocycles. The Morgan fingerprint density at radius 3 is 2.30 bits per heavy atom. The van der Waals surface area contributed by atoms with Crippen molar-refractivity contribution in [2.75, 3.05) is 24.9 Å². The Morgan fingerprint density at radius 2 is 1.65 bits per heavy atom. The van der Waals surface area contributed by atoms with Crippen molar-refractivity contribution < 1.29 is 14.3 Å². The smallest absolute Gasteiger partial charge is 0.323 e. The van der Waals surface area contributed by atoms with Crippen LogP contribution < -0.4 is 20.1 Å². The lowest BCUT2D eigenvalue weighted by Crippen LogP contribution is -2.20. The van der Waals surface area contributed by atoms with Gasteiger partial charge in [-0.2, -0.15) is 0 Å². The summed E-state index contributed by atoms with van der Waals surface area (Å²) in [5.74, 6) is 1.53. The SMILES string of the molecule is COc1ccc(OC)c(NC(=O)Nc2ccccc2C(C)C)c1. The van der Waals surface area contributed by atoms with Gasteiger partial charge in [-0.05, 0) is 29.7 Å². The van der Waals surface area contributed by atoms with Gasteiger partial charge in [0.15, 0.2) is 0 Å². The quantitative estimate of drug-likeness (QED) is 0.856. The molecule has 0 fully saturated rings. The van der Waals surface area contributed by atoms with Crippen LogP contribution in [0.3, 0.4) is 0 Å². The topological polar surface area (TPSA) is 59.6 Å². The van der Waals surface area contributed by atoms with Crippen molar-refractivity contribution in [1.29, 1.82) is 0 Å². The molecule has 2 amide bonds. The second-order valence-corrected chi connectivity index (χ2v) is 5.39. The van der Waals surface area contributed by atoms with Crippen molar-refractivity contribution in [2.24, 2.45) is 0 Å². The zero-order chi connectivity index (χ0) is 16.8. The van der Waals surface area contributed by atoms with Gasteiger partial charge in [-0.15, -0.1) is 0 Å². The van der Waals surface area contributed by atoms with E-state index < -0.39 is 0 Å². The van der Waals surface area contributed by atoms with E-state index in [4.69, 9.17) is 9.47 Å². The maximum Gasteiger partial charge on any atom is 0.323 e. The third-order valence-corrected chi connectivity index (χ3v) is 3.49. The van der Waals surface area contributed by atoms with E-state index in [2.05, 4.69) is 24.5 Å². The van der Waals surface area contributed by atoms with Crippen LogP contribution in [0.2, 0.25) is 0 Å². The predicted molar refractivity (Wildman–Crippen MR) is 92.7 cm³/mol. The summed E-state index contributed by atoms with van der Waals surface area (Å²) in [6.07, 6.45) is 0. The number of carbonyl (C=O) groups is 1. The normalized spacial score (nSPS) is 10.3. The number of amides is 2. The molecule has 23 heavy (non-hydrogen) atoms. The van der Waals surface area contributed by atoms with E-state index in [9.17, 15) is 4.79 Å². The molecule has 0 aliphatic carbocycles.